The summed E-state index contributed by atoms with van der Waals surface area (Å²) in [5, 5.41) is 0. The van der Waals surface area contributed by atoms with E-state index in [1.165, 1.54) is 20.3 Å². The monoisotopic (exact) mass is 307 g/mol. The molecule has 1 unspecified atom stereocenters. The summed E-state index contributed by atoms with van der Waals surface area (Å²) in [6, 6.07) is 3.62. The second-order valence-corrected chi connectivity index (χ2v) is 3.79. The second-order valence-electron chi connectivity index (χ2n) is 3.79. The summed E-state index contributed by atoms with van der Waals surface area (Å²) >= 11 is 0. The first-order valence-corrected chi connectivity index (χ1v) is 5.83. The topological polar surface area (TPSA) is 70.8 Å². The Kier molecular flexibility index (Phi) is 7.94. The van der Waals surface area contributed by atoms with Gasteiger partial charge in [-0.05, 0) is 25.1 Å². The molecule has 0 aliphatic heterocycles. The molecule has 0 aliphatic rings. The fourth-order valence-electron chi connectivity index (χ4n) is 1.63. The Morgan fingerprint density at radius 3 is 2.50 bits per heavy atom. The maximum atomic E-state index is 13.9. The van der Waals surface area contributed by atoms with E-state index in [0.29, 0.717) is 17.1 Å². The zero-order chi connectivity index (χ0) is 14.4. The number of methoxy groups -OCH3 is 2. The van der Waals surface area contributed by atoms with E-state index < -0.39 is 18.2 Å². The zero-order valence-corrected chi connectivity index (χ0v) is 12.4. The number of alkyl halides is 1. The number of ether oxygens (including phenoxy) is 3. The number of rotatable bonds is 6. The highest BCUT2D eigenvalue weighted by Gasteiger charge is 2.30. The Bertz CT molecular complexity index is 444. The Hall–Kier alpha value is -1.53. The minimum absolute atomic E-state index is 0. The third kappa shape index (κ3) is 4.25. The molecule has 2 atom stereocenters. The Labute approximate surface area is 123 Å². The van der Waals surface area contributed by atoms with Crippen molar-refractivity contribution in [2.45, 2.75) is 19.1 Å². The standard InChI is InChI=1S/C13H18FNO4.ClH/c1-4-19-13(16)11(14)12(15)9-7-8(17-2)5-6-10(9)18-3;/h5-7,11-12H,4,15H2,1-3H3;1H/t11?,12-;/m1./s1. The molecular weight excluding hydrogens is 289 g/mol. The highest BCUT2D eigenvalue weighted by atomic mass is 35.5. The van der Waals surface area contributed by atoms with Gasteiger partial charge in [0.2, 0.25) is 6.17 Å². The molecule has 0 spiro atoms. The normalized spacial score (nSPS) is 12.8. The molecule has 0 fully saturated rings. The van der Waals surface area contributed by atoms with E-state index >= 15 is 0 Å². The fourth-order valence-corrected chi connectivity index (χ4v) is 1.63. The molecule has 1 rings (SSSR count). The highest BCUT2D eigenvalue weighted by molar-refractivity contribution is 5.85. The average Bonchev–Trinajstić information content (AvgIpc) is 2.45. The maximum Gasteiger partial charge on any atom is 0.342 e. The van der Waals surface area contributed by atoms with Crippen molar-refractivity contribution in [2.75, 3.05) is 20.8 Å². The first-order valence-electron chi connectivity index (χ1n) is 5.83. The molecule has 114 valence electrons. The van der Waals surface area contributed by atoms with Gasteiger partial charge in [0.1, 0.15) is 11.5 Å². The predicted octanol–water partition coefficient (Wildman–Crippen LogP) is 2.03. The SMILES string of the molecule is CCOC(=O)C(F)[C@H](N)c1cc(OC)ccc1OC.Cl. The summed E-state index contributed by atoms with van der Waals surface area (Å²) in [5.41, 5.74) is 6.11. The lowest BCUT2D eigenvalue weighted by Crippen LogP contribution is -2.31. The van der Waals surface area contributed by atoms with Gasteiger partial charge >= 0.3 is 5.97 Å². The van der Waals surface area contributed by atoms with Crippen molar-refractivity contribution in [1.82, 2.24) is 0 Å². The van der Waals surface area contributed by atoms with E-state index in [9.17, 15) is 9.18 Å². The van der Waals surface area contributed by atoms with Crippen LogP contribution in [0, 0.1) is 0 Å². The van der Waals surface area contributed by atoms with E-state index in [-0.39, 0.29) is 19.0 Å². The molecule has 7 heteroatoms. The predicted molar refractivity (Wildman–Crippen MR) is 75.3 cm³/mol. The Balaban J connectivity index is 0.00000361. The molecule has 0 aromatic heterocycles. The van der Waals surface area contributed by atoms with Crippen LogP contribution in [0.3, 0.4) is 0 Å². The average molecular weight is 308 g/mol. The van der Waals surface area contributed by atoms with Crippen molar-refractivity contribution < 1.29 is 23.4 Å². The molecule has 1 aromatic rings. The first kappa shape index (κ1) is 18.5. The van der Waals surface area contributed by atoms with Crippen LogP contribution >= 0.6 is 12.4 Å². The second kappa shape index (κ2) is 8.60. The molecule has 2 N–H and O–H groups in total. The molecule has 0 aliphatic carbocycles. The molecule has 0 heterocycles. The van der Waals surface area contributed by atoms with E-state index in [0.717, 1.165) is 0 Å². The number of benzene rings is 1. The van der Waals surface area contributed by atoms with Gasteiger partial charge in [0.25, 0.3) is 0 Å². The summed E-state index contributed by atoms with van der Waals surface area (Å²) < 4.78 is 28.7. The molecule has 20 heavy (non-hydrogen) atoms. The van der Waals surface area contributed by atoms with Crippen molar-refractivity contribution in [3.05, 3.63) is 23.8 Å². The van der Waals surface area contributed by atoms with Crippen LogP contribution in [-0.4, -0.2) is 33.0 Å². The van der Waals surface area contributed by atoms with Gasteiger partial charge in [-0.3, -0.25) is 0 Å². The maximum absolute atomic E-state index is 13.9. The van der Waals surface area contributed by atoms with E-state index in [1.807, 2.05) is 0 Å². The van der Waals surface area contributed by atoms with Gasteiger partial charge in [0.05, 0.1) is 26.9 Å². The lowest BCUT2D eigenvalue weighted by molar-refractivity contribution is -0.149. The van der Waals surface area contributed by atoms with Crippen molar-refractivity contribution >= 4 is 18.4 Å². The minimum atomic E-state index is -1.96. The summed E-state index contributed by atoms with van der Waals surface area (Å²) in [4.78, 5) is 11.4. The van der Waals surface area contributed by atoms with Crippen molar-refractivity contribution in [2.24, 2.45) is 5.73 Å². The van der Waals surface area contributed by atoms with Crippen LogP contribution in [0.15, 0.2) is 18.2 Å². The Morgan fingerprint density at radius 2 is 2.00 bits per heavy atom. The number of halogens is 2. The summed E-state index contributed by atoms with van der Waals surface area (Å²) in [6.45, 7) is 1.70. The van der Waals surface area contributed by atoms with Gasteiger partial charge in [-0.1, -0.05) is 0 Å². The largest absolute Gasteiger partial charge is 0.497 e. The molecule has 0 radical (unpaired) electrons. The van der Waals surface area contributed by atoms with Gasteiger partial charge in [-0.15, -0.1) is 12.4 Å². The van der Waals surface area contributed by atoms with Crippen LogP contribution in [0.5, 0.6) is 11.5 Å². The minimum Gasteiger partial charge on any atom is -0.497 e. The number of carbonyl (C=O) groups is 1. The van der Waals surface area contributed by atoms with Crippen LogP contribution in [0.4, 0.5) is 4.39 Å². The Morgan fingerprint density at radius 1 is 1.35 bits per heavy atom. The third-order valence-corrected chi connectivity index (χ3v) is 2.62. The summed E-state index contributed by atoms with van der Waals surface area (Å²) in [5.74, 6) is -0.0950. The van der Waals surface area contributed by atoms with Crippen LogP contribution in [0.1, 0.15) is 18.5 Å². The molecule has 0 amide bonds. The quantitative estimate of drug-likeness (QED) is 0.814. The van der Waals surface area contributed by atoms with E-state index in [4.69, 9.17) is 15.2 Å². The number of carbonyl (C=O) groups excluding carboxylic acids is 1. The van der Waals surface area contributed by atoms with Gasteiger partial charge in [-0.2, -0.15) is 0 Å². The van der Waals surface area contributed by atoms with Crippen LogP contribution in [0.2, 0.25) is 0 Å². The summed E-state index contributed by atoms with van der Waals surface area (Å²) in [7, 11) is 2.92. The molecule has 0 saturated heterocycles. The lowest BCUT2D eigenvalue weighted by Gasteiger charge is -2.19. The molecular formula is C13H19ClFNO4. The highest BCUT2D eigenvalue weighted by Crippen LogP contribution is 2.31. The van der Waals surface area contributed by atoms with Crippen LogP contribution in [0.25, 0.3) is 0 Å². The number of nitrogens with two attached hydrogens (primary N) is 1. The number of hydrogen-bond acceptors (Lipinski definition) is 5. The van der Waals surface area contributed by atoms with E-state index in [1.54, 1.807) is 19.1 Å². The lowest BCUT2D eigenvalue weighted by atomic mass is 10.0. The third-order valence-electron chi connectivity index (χ3n) is 2.62. The molecule has 5 nitrogen and oxygen atoms in total. The number of hydrogen-bond donors (Lipinski definition) is 1. The number of esters is 1. The first-order chi connectivity index (χ1) is 9.04. The van der Waals surface area contributed by atoms with Crippen molar-refractivity contribution in [1.29, 1.82) is 0 Å². The zero-order valence-electron chi connectivity index (χ0n) is 11.6. The van der Waals surface area contributed by atoms with Gasteiger partial charge in [0.15, 0.2) is 0 Å². The van der Waals surface area contributed by atoms with Gasteiger partial charge < -0.3 is 19.9 Å². The molecule has 0 saturated carbocycles. The summed E-state index contributed by atoms with van der Waals surface area (Å²) in [6.07, 6.45) is -1.96. The van der Waals surface area contributed by atoms with Gasteiger partial charge in [0, 0.05) is 5.56 Å². The van der Waals surface area contributed by atoms with Crippen LogP contribution in [-0.2, 0) is 9.53 Å². The van der Waals surface area contributed by atoms with E-state index in [2.05, 4.69) is 4.74 Å². The van der Waals surface area contributed by atoms with Gasteiger partial charge in [-0.25, -0.2) is 9.18 Å². The smallest absolute Gasteiger partial charge is 0.342 e. The van der Waals surface area contributed by atoms with Crippen LogP contribution < -0.4 is 15.2 Å². The fraction of sp³-hybridized carbons (Fsp3) is 0.462. The van der Waals surface area contributed by atoms with Crippen molar-refractivity contribution in [3.63, 3.8) is 0 Å². The molecule has 1 aromatic carbocycles. The van der Waals surface area contributed by atoms with Crippen molar-refractivity contribution in [3.8, 4) is 11.5 Å². The molecule has 0 bridgehead atoms.